The summed E-state index contributed by atoms with van der Waals surface area (Å²) < 4.78 is 11.4. The second-order valence-corrected chi connectivity index (χ2v) is 6.77. The van der Waals surface area contributed by atoms with Crippen molar-refractivity contribution in [1.29, 1.82) is 0 Å². The molecule has 0 aromatic heterocycles. The molecule has 0 heterocycles. The largest absolute Gasteiger partial charge is 0.490 e. The summed E-state index contributed by atoms with van der Waals surface area (Å²) in [6.45, 7) is 3.96. The van der Waals surface area contributed by atoms with Crippen LogP contribution in [0.5, 0.6) is 11.5 Å². The van der Waals surface area contributed by atoms with Crippen LogP contribution in [0.1, 0.15) is 29.8 Å². The number of likely N-dealkylation sites (N-methyl/N-ethyl adjacent to an activating group) is 1. The van der Waals surface area contributed by atoms with E-state index >= 15 is 0 Å². The number of hydrogen-bond acceptors (Lipinski definition) is 5. The second-order valence-electron chi connectivity index (χ2n) is 6.34. The number of nitrogens with zero attached hydrogens (tertiary/aromatic N) is 2. The molecule has 2 aromatic carbocycles. The van der Waals surface area contributed by atoms with Crippen LogP contribution in [-0.4, -0.2) is 49.7 Å². The van der Waals surface area contributed by atoms with Crippen LogP contribution in [0, 0.1) is 0 Å². The van der Waals surface area contributed by atoms with Gasteiger partial charge in [-0.15, -0.1) is 0 Å². The number of hydrogen-bond donors (Lipinski definition) is 1. The molecule has 8 heteroatoms. The number of halogens is 1. The minimum atomic E-state index is -0.651. The molecule has 0 unspecified atom stereocenters. The van der Waals surface area contributed by atoms with Gasteiger partial charge in [0.2, 0.25) is 0 Å². The lowest BCUT2D eigenvalue weighted by atomic mass is 10.2. The number of amides is 2. The monoisotopic (exact) mass is 417 g/mol. The van der Waals surface area contributed by atoms with Crippen molar-refractivity contribution >= 4 is 29.6 Å². The fourth-order valence-electron chi connectivity index (χ4n) is 2.41. The predicted octanol–water partition coefficient (Wildman–Crippen LogP) is 3.36. The third kappa shape index (κ3) is 6.50. The smallest absolute Gasteiger partial charge is 0.271 e. The van der Waals surface area contributed by atoms with Gasteiger partial charge in [0, 0.05) is 24.7 Å². The first-order valence-electron chi connectivity index (χ1n) is 9.05. The highest BCUT2D eigenvalue weighted by Crippen LogP contribution is 2.29. The maximum atomic E-state index is 12.1. The molecule has 0 aliphatic heterocycles. The summed E-state index contributed by atoms with van der Waals surface area (Å²) in [5.74, 6) is 0.442. The SMILES string of the molecule is CCOc1cc(/C=N\NC(=O)c2ccc(Cl)cc2)ccc1O[C@@H](C)C(=O)N(C)C. The minimum Gasteiger partial charge on any atom is -0.490 e. The number of rotatable bonds is 8. The lowest BCUT2D eigenvalue weighted by Crippen LogP contribution is -2.35. The summed E-state index contributed by atoms with van der Waals surface area (Å²) in [7, 11) is 3.34. The van der Waals surface area contributed by atoms with Gasteiger partial charge in [0.1, 0.15) is 0 Å². The molecular weight excluding hydrogens is 394 g/mol. The molecule has 2 amide bonds. The molecule has 29 heavy (non-hydrogen) atoms. The van der Waals surface area contributed by atoms with Crippen molar-refractivity contribution in [2.24, 2.45) is 5.10 Å². The summed E-state index contributed by atoms with van der Waals surface area (Å²) in [6, 6.07) is 11.7. The van der Waals surface area contributed by atoms with Crippen molar-refractivity contribution < 1.29 is 19.1 Å². The topological polar surface area (TPSA) is 80.2 Å². The quantitative estimate of drug-likeness (QED) is 0.527. The van der Waals surface area contributed by atoms with Crippen LogP contribution in [0.2, 0.25) is 5.02 Å². The van der Waals surface area contributed by atoms with Crippen molar-refractivity contribution in [3.05, 3.63) is 58.6 Å². The summed E-state index contributed by atoms with van der Waals surface area (Å²) in [5.41, 5.74) is 3.60. The molecule has 0 spiro atoms. The van der Waals surface area contributed by atoms with E-state index in [1.807, 2.05) is 6.92 Å². The zero-order chi connectivity index (χ0) is 21.4. The molecule has 0 aliphatic rings. The molecule has 7 nitrogen and oxygen atoms in total. The van der Waals surface area contributed by atoms with E-state index in [0.717, 1.165) is 0 Å². The van der Waals surface area contributed by atoms with Crippen LogP contribution >= 0.6 is 11.6 Å². The minimum absolute atomic E-state index is 0.150. The Morgan fingerprint density at radius 1 is 1.17 bits per heavy atom. The normalized spacial score (nSPS) is 11.8. The first kappa shape index (κ1) is 22.2. The molecule has 0 aliphatic carbocycles. The fraction of sp³-hybridized carbons (Fsp3) is 0.286. The number of nitrogens with one attached hydrogen (secondary N) is 1. The van der Waals surface area contributed by atoms with E-state index in [2.05, 4.69) is 10.5 Å². The van der Waals surface area contributed by atoms with Gasteiger partial charge in [-0.1, -0.05) is 11.6 Å². The average Bonchev–Trinajstić information content (AvgIpc) is 2.69. The number of carbonyl (C=O) groups is 2. The van der Waals surface area contributed by atoms with Gasteiger partial charge >= 0.3 is 0 Å². The summed E-state index contributed by atoms with van der Waals surface area (Å²) >= 11 is 5.81. The Labute approximate surface area is 175 Å². The van der Waals surface area contributed by atoms with E-state index in [4.69, 9.17) is 21.1 Å². The van der Waals surface area contributed by atoms with Gasteiger partial charge < -0.3 is 14.4 Å². The molecule has 2 rings (SSSR count). The maximum Gasteiger partial charge on any atom is 0.271 e. The number of ether oxygens (including phenoxy) is 2. The molecular formula is C21H24ClN3O4. The molecule has 0 bridgehead atoms. The van der Waals surface area contributed by atoms with Gasteiger partial charge in [-0.05, 0) is 61.9 Å². The zero-order valence-electron chi connectivity index (χ0n) is 16.8. The summed E-state index contributed by atoms with van der Waals surface area (Å²) in [5, 5.41) is 4.52. The number of hydrazone groups is 1. The first-order valence-corrected chi connectivity index (χ1v) is 9.43. The number of benzene rings is 2. The van der Waals surface area contributed by atoms with Gasteiger partial charge in [-0.2, -0.15) is 5.10 Å². The van der Waals surface area contributed by atoms with E-state index in [1.165, 1.54) is 11.1 Å². The van der Waals surface area contributed by atoms with E-state index in [1.54, 1.807) is 63.5 Å². The van der Waals surface area contributed by atoms with Crippen LogP contribution < -0.4 is 14.9 Å². The molecule has 0 fully saturated rings. The van der Waals surface area contributed by atoms with E-state index in [9.17, 15) is 9.59 Å². The van der Waals surface area contributed by atoms with Crippen molar-refractivity contribution in [1.82, 2.24) is 10.3 Å². The fourth-order valence-corrected chi connectivity index (χ4v) is 2.53. The molecule has 154 valence electrons. The second kappa shape index (κ2) is 10.5. The Morgan fingerprint density at radius 2 is 1.86 bits per heavy atom. The average molecular weight is 418 g/mol. The molecule has 1 N–H and O–H groups in total. The highest BCUT2D eigenvalue weighted by molar-refractivity contribution is 6.30. The highest BCUT2D eigenvalue weighted by Gasteiger charge is 2.18. The third-order valence-corrected chi connectivity index (χ3v) is 4.10. The van der Waals surface area contributed by atoms with E-state index < -0.39 is 6.10 Å². The Morgan fingerprint density at radius 3 is 2.48 bits per heavy atom. The van der Waals surface area contributed by atoms with Gasteiger partial charge in [0.25, 0.3) is 11.8 Å². The van der Waals surface area contributed by atoms with E-state index in [-0.39, 0.29) is 11.8 Å². The summed E-state index contributed by atoms with van der Waals surface area (Å²) in [4.78, 5) is 25.5. The molecule has 0 saturated carbocycles. The lowest BCUT2D eigenvalue weighted by molar-refractivity contribution is -0.135. The molecule has 2 aromatic rings. The Hall–Kier alpha value is -3.06. The van der Waals surface area contributed by atoms with Gasteiger partial charge in [0.15, 0.2) is 17.6 Å². The Kier molecular flexibility index (Phi) is 8.03. The maximum absolute atomic E-state index is 12.1. The van der Waals surface area contributed by atoms with E-state index in [0.29, 0.717) is 34.3 Å². The predicted molar refractivity (Wildman–Crippen MR) is 113 cm³/mol. The van der Waals surface area contributed by atoms with Crippen LogP contribution in [-0.2, 0) is 4.79 Å². The molecule has 0 saturated heterocycles. The Balaban J connectivity index is 2.08. The van der Waals surface area contributed by atoms with Crippen LogP contribution in [0.25, 0.3) is 0 Å². The third-order valence-electron chi connectivity index (χ3n) is 3.85. The van der Waals surface area contributed by atoms with Crippen LogP contribution in [0.3, 0.4) is 0 Å². The number of carbonyl (C=O) groups excluding carboxylic acids is 2. The van der Waals surface area contributed by atoms with Crippen LogP contribution in [0.15, 0.2) is 47.6 Å². The van der Waals surface area contributed by atoms with Crippen molar-refractivity contribution in [3.8, 4) is 11.5 Å². The summed E-state index contributed by atoms with van der Waals surface area (Å²) in [6.07, 6.45) is 0.844. The first-order chi connectivity index (χ1) is 13.8. The highest BCUT2D eigenvalue weighted by atomic mass is 35.5. The van der Waals surface area contributed by atoms with Gasteiger partial charge in [0.05, 0.1) is 12.8 Å². The van der Waals surface area contributed by atoms with Gasteiger partial charge in [-0.25, -0.2) is 5.43 Å². The van der Waals surface area contributed by atoms with Crippen molar-refractivity contribution in [2.75, 3.05) is 20.7 Å². The van der Waals surface area contributed by atoms with Gasteiger partial charge in [-0.3, -0.25) is 9.59 Å². The van der Waals surface area contributed by atoms with Crippen LogP contribution in [0.4, 0.5) is 0 Å². The molecule has 1 atom stereocenters. The van der Waals surface area contributed by atoms with Crippen molar-refractivity contribution in [2.45, 2.75) is 20.0 Å². The molecule has 0 radical (unpaired) electrons. The standard InChI is InChI=1S/C21H24ClN3O4/c1-5-28-19-12-15(6-11-18(19)29-14(2)21(27)25(3)4)13-23-24-20(26)16-7-9-17(22)10-8-16/h6-14H,5H2,1-4H3,(H,24,26)/b23-13-/t14-/m0/s1. The lowest BCUT2D eigenvalue weighted by Gasteiger charge is -2.20. The zero-order valence-corrected chi connectivity index (χ0v) is 17.6. The van der Waals surface area contributed by atoms with Crippen molar-refractivity contribution in [3.63, 3.8) is 0 Å². The Bertz CT molecular complexity index is 882.